The number of nitrogens with two attached hydrogens (primary N) is 1. The number of carbonyl (C=O) groups is 1. The molecule has 14 heavy (non-hydrogen) atoms. The second-order valence-corrected chi connectivity index (χ2v) is 4.13. The maximum atomic E-state index is 11.3. The van der Waals surface area contributed by atoms with Gasteiger partial charge in [0.15, 0.2) is 0 Å². The van der Waals surface area contributed by atoms with Crippen LogP contribution in [0.3, 0.4) is 0 Å². The molecule has 0 bridgehead atoms. The number of nitrogen functional groups attached to an aromatic ring is 1. The molecule has 3 nitrogen and oxygen atoms in total. The zero-order valence-corrected chi connectivity index (χ0v) is 9.17. The standard InChI is InChI=1S/C10H14N2OS/c1-12(2)10(13)7-14-9-6-4-3-5-8(9)11/h3-6H,7,11H2,1-2H3. The van der Waals surface area contributed by atoms with Gasteiger partial charge in [0, 0.05) is 24.7 Å². The van der Waals surface area contributed by atoms with Gasteiger partial charge in [0.1, 0.15) is 0 Å². The molecule has 0 unspecified atom stereocenters. The van der Waals surface area contributed by atoms with Gasteiger partial charge >= 0.3 is 0 Å². The fourth-order valence-corrected chi connectivity index (χ4v) is 1.83. The molecule has 1 aromatic carbocycles. The predicted octanol–water partition coefficient (Wildman–Crippen LogP) is 1.45. The minimum atomic E-state index is 0.0956. The third kappa shape index (κ3) is 2.96. The third-order valence-electron chi connectivity index (χ3n) is 1.77. The average molecular weight is 210 g/mol. The van der Waals surface area contributed by atoms with Crippen molar-refractivity contribution in [1.29, 1.82) is 0 Å². The number of anilines is 1. The molecule has 1 aromatic rings. The van der Waals surface area contributed by atoms with Crippen LogP contribution in [0.15, 0.2) is 29.2 Å². The second-order valence-electron chi connectivity index (χ2n) is 3.11. The van der Waals surface area contributed by atoms with Crippen molar-refractivity contribution < 1.29 is 4.79 Å². The maximum Gasteiger partial charge on any atom is 0.232 e. The first-order chi connectivity index (χ1) is 6.61. The summed E-state index contributed by atoms with van der Waals surface area (Å²) in [5.41, 5.74) is 6.46. The molecule has 0 radical (unpaired) electrons. The average Bonchev–Trinajstić information content (AvgIpc) is 2.16. The van der Waals surface area contributed by atoms with Gasteiger partial charge in [0.05, 0.1) is 5.75 Å². The van der Waals surface area contributed by atoms with Crippen molar-refractivity contribution in [2.24, 2.45) is 0 Å². The highest BCUT2D eigenvalue weighted by Crippen LogP contribution is 2.24. The summed E-state index contributed by atoms with van der Waals surface area (Å²) in [6.07, 6.45) is 0. The summed E-state index contributed by atoms with van der Waals surface area (Å²) in [7, 11) is 3.49. The molecule has 0 saturated heterocycles. The highest BCUT2D eigenvalue weighted by molar-refractivity contribution is 8.00. The summed E-state index contributed by atoms with van der Waals surface area (Å²) in [5, 5.41) is 0. The van der Waals surface area contributed by atoms with E-state index in [2.05, 4.69) is 0 Å². The highest BCUT2D eigenvalue weighted by Gasteiger charge is 2.05. The van der Waals surface area contributed by atoms with E-state index in [1.807, 2.05) is 24.3 Å². The number of nitrogens with zero attached hydrogens (tertiary/aromatic N) is 1. The van der Waals surface area contributed by atoms with E-state index < -0.39 is 0 Å². The Morgan fingerprint density at radius 3 is 2.64 bits per heavy atom. The van der Waals surface area contributed by atoms with Gasteiger partial charge in [-0.25, -0.2) is 0 Å². The summed E-state index contributed by atoms with van der Waals surface area (Å²) in [5.74, 6) is 0.527. The number of rotatable bonds is 3. The minimum Gasteiger partial charge on any atom is -0.398 e. The van der Waals surface area contributed by atoms with Crippen molar-refractivity contribution in [3.8, 4) is 0 Å². The maximum absolute atomic E-state index is 11.3. The van der Waals surface area contributed by atoms with Gasteiger partial charge in [-0.1, -0.05) is 12.1 Å². The van der Waals surface area contributed by atoms with E-state index >= 15 is 0 Å². The van der Waals surface area contributed by atoms with Crippen LogP contribution in [0, 0.1) is 0 Å². The largest absolute Gasteiger partial charge is 0.398 e. The molecule has 0 aliphatic rings. The zero-order chi connectivity index (χ0) is 10.6. The summed E-state index contributed by atoms with van der Waals surface area (Å²) < 4.78 is 0. The number of para-hydroxylation sites is 1. The normalized spacial score (nSPS) is 9.86. The van der Waals surface area contributed by atoms with E-state index in [9.17, 15) is 4.79 Å². The molecule has 76 valence electrons. The van der Waals surface area contributed by atoms with Crippen LogP contribution in [0.4, 0.5) is 5.69 Å². The Morgan fingerprint density at radius 1 is 1.43 bits per heavy atom. The fourth-order valence-electron chi connectivity index (χ4n) is 0.881. The number of carbonyl (C=O) groups excluding carboxylic acids is 1. The molecule has 2 N–H and O–H groups in total. The molecule has 0 aromatic heterocycles. The SMILES string of the molecule is CN(C)C(=O)CSc1ccccc1N. The van der Waals surface area contributed by atoms with Gasteiger partial charge in [-0.3, -0.25) is 4.79 Å². The number of hydrogen-bond donors (Lipinski definition) is 1. The van der Waals surface area contributed by atoms with Crippen molar-refractivity contribution in [2.75, 3.05) is 25.6 Å². The summed E-state index contributed by atoms with van der Waals surface area (Å²) in [6, 6.07) is 7.55. The van der Waals surface area contributed by atoms with Gasteiger partial charge in [-0.2, -0.15) is 0 Å². The van der Waals surface area contributed by atoms with Crippen molar-refractivity contribution >= 4 is 23.4 Å². The number of hydrogen-bond acceptors (Lipinski definition) is 3. The monoisotopic (exact) mass is 210 g/mol. The Balaban J connectivity index is 2.54. The molecular formula is C10H14N2OS. The van der Waals surface area contributed by atoms with E-state index in [4.69, 9.17) is 5.73 Å². The predicted molar refractivity (Wildman–Crippen MR) is 60.3 cm³/mol. The summed E-state index contributed by atoms with van der Waals surface area (Å²) in [6.45, 7) is 0. The molecule has 1 amide bonds. The van der Waals surface area contributed by atoms with Crippen LogP contribution in [0.1, 0.15) is 0 Å². The van der Waals surface area contributed by atoms with Crippen LogP contribution in [-0.4, -0.2) is 30.7 Å². The Hall–Kier alpha value is -1.16. The Kier molecular flexibility index (Phi) is 3.83. The lowest BCUT2D eigenvalue weighted by Crippen LogP contribution is -2.23. The van der Waals surface area contributed by atoms with Crippen molar-refractivity contribution in [3.05, 3.63) is 24.3 Å². The minimum absolute atomic E-state index is 0.0956. The van der Waals surface area contributed by atoms with Gasteiger partial charge < -0.3 is 10.6 Å². The molecule has 0 spiro atoms. The van der Waals surface area contributed by atoms with Crippen molar-refractivity contribution in [3.63, 3.8) is 0 Å². The Labute approximate surface area is 88.3 Å². The molecular weight excluding hydrogens is 196 g/mol. The molecule has 0 aliphatic heterocycles. The third-order valence-corrected chi connectivity index (χ3v) is 2.84. The molecule has 0 heterocycles. The molecule has 0 fully saturated rings. The van der Waals surface area contributed by atoms with Crippen LogP contribution in [0.25, 0.3) is 0 Å². The van der Waals surface area contributed by atoms with Gasteiger partial charge in [0.2, 0.25) is 5.91 Å². The van der Waals surface area contributed by atoms with E-state index in [0.717, 1.165) is 10.6 Å². The molecule has 0 aliphatic carbocycles. The second kappa shape index (κ2) is 4.91. The van der Waals surface area contributed by atoms with Crippen LogP contribution in [-0.2, 0) is 4.79 Å². The van der Waals surface area contributed by atoms with Crippen molar-refractivity contribution in [1.82, 2.24) is 4.90 Å². The first-order valence-corrected chi connectivity index (χ1v) is 5.27. The lowest BCUT2D eigenvalue weighted by atomic mass is 10.3. The number of benzene rings is 1. The lowest BCUT2D eigenvalue weighted by molar-refractivity contribution is -0.125. The highest BCUT2D eigenvalue weighted by atomic mass is 32.2. The smallest absolute Gasteiger partial charge is 0.232 e. The zero-order valence-electron chi connectivity index (χ0n) is 8.36. The first-order valence-electron chi connectivity index (χ1n) is 4.28. The van der Waals surface area contributed by atoms with Gasteiger partial charge in [-0.05, 0) is 12.1 Å². The van der Waals surface area contributed by atoms with E-state index in [1.54, 1.807) is 19.0 Å². The molecule has 1 rings (SSSR count). The van der Waals surface area contributed by atoms with Crippen LogP contribution in [0.5, 0.6) is 0 Å². The summed E-state index contributed by atoms with van der Waals surface area (Å²) >= 11 is 1.47. The number of amides is 1. The van der Waals surface area contributed by atoms with Crippen LogP contribution < -0.4 is 5.73 Å². The van der Waals surface area contributed by atoms with Crippen LogP contribution in [0.2, 0.25) is 0 Å². The number of thioether (sulfide) groups is 1. The Bertz CT molecular complexity index is 326. The summed E-state index contributed by atoms with van der Waals surface area (Å²) in [4.78, 5) is 13.8. The molecule has 0 atom stereocenters. The lowest BCUT2D eigenvalue weighted by Gasteiger charge is -2.10. The first kappa shape index (κ1) is 10.9. The molecule has 0 saturated carbocycles. The van der Waals surface area contributed by atoms with Gasteiger partial charge in [0.25, 0.3) is 0 Å². The quantitative estimate of drug-likeness (QED) is 0.606. The molecule has 4 heteroatoms. The van der Waals surface area contributed by atoms with E-state index in [-0.39, 0.29) is 5.91 Å². The van der Waals surface area contributed by atoms with Crippen molar-refractivity contribution in [2.45, 2.75) is 4.90 Å². The van der Waals surface area contributed by atoms with E-state index in [1.165, 1.54) is 11.8 Å². The fraction of sp³-hybridized carbons (Fsp3) is 0.300. The Morgan fingerprint density at radius 2 is 2.07 bits per heavy atom. The van der Waals surface area contributed by atoms with E-state index in [0.29, 0.717) is 5.75 Å². The topological polar surface area (TPSA) is 46.3 Å². The van der Waals surface area contributed by atoms with Crippen LogP contribution >= 0.6 is 11.8 Å². The van der Waals surface area contributed by atoms with Gasteiger partial charge in [-0.15, -0.1) is 11.8 Å².